The molecule has 0 amide bonds. The third-order valence-electron chi connectivity index (χ3n) is 2.04. The van der Waals surface area contributed by atoms with Gasteiger partial charge in [-0.1, -0.05) is 0 Å². The summed E-state index contributed by atoms with van der Waals surface area (Å²) in [5.74, 6) is -0.196. The maximum Gasteiger partial charge on any atom is 0.123 e. The Bertz CT molecular complexity index is 317. The van der Waals surface area contributed by atoms with Crippen molar-refractivity contribution in [1.29, 1.82) is 5.41 Å². The van der Waals surface area contributed by atoms with Gasteiger partial charge in [0.25, 0.3) is 0 Å². The lowest BCUT2D eigenvalue weighted by Gasteiger charge is -1.96. The molecule has 0 saturated heterocycles. The minimum atomic E-state index is -0.196. The minimum Gasteiger partial charge on any atom is -0.305 e. The van der Waals surface area contributed by atoms with Gasteiger partial charge < -0.3 is 5.41 Å². The van der Waals surface area contributed by atoms with Gasteiger partial charge in [-0.25, -0.2) is 4.39 Å². The van der Waals surface area contributed by atoms with E-state index in [1.807, 2.05) is 0 Å². The fourth-order valence-corrected chi connectivity index (χ4v) is 1.46. The van der Waals surface area contributed by atoms with Crippen LogP contribution in [-0.4, -0.2) is 5.71 Å². The second kappa shape index (κ2) is 2.16. The Morgan fingerprint density at radius 2 is 2.09 bits per heavy atom. The van der Waals surface area contributed by atoms with Crippen molar-refractivity contribution in [3.8, 4) is 0 Å². The van der Waals surface area contributed by atoms with Gasteiger partial charge in [0, 0.05) is 5.71 Å². The summed E-state index contributed by atoms with van der Waals surface area (Å²) in [6, 6.07) is 4.63. The van der Waals surface area contributed by atoms with Crippen LogP contribution >= 0.6 is 0 Å². The molecule has 0 spiro atoms. The number of aryl methyl sites for hydroxylation is 1. The number of hydrogen-bond donors (Lipinski definition) is 1. The summed E-state index contributed by atoms with van der Waals surface area (Å²) in [6.07, 6.45) is 1.59. The van der Waals surface area contributed by atoms with Gasteiger partial charge >= 0.3 is 0 Å². The van der Waals surface area contributed by atoms with Crippen molar-refractivity contribution in [3.63, 3.8) is 0 Å². The number of benzene rings is 1. The van der Waals surface area contributed by atoms with E-state index < -0.39 is 0 Å². The highest BCUT2D eigenvalue weighted by Gasteiger charge is 2.15. The highest BCUT2D eigenvalue weighted by molar-refractivity contribution is 6.02. The molecule has 2 rings (SSSR count). The van der Waals surface area contributed by atoms with Gasteiger partial charge in [0.15, 0.2) is 0 Å². The van der Waals surface area contributed by atoms with Crippen LogP contribution in [0.5, 0.6) is 0 Å². The molecule has 1 aliphatic rings. The molecule has 0 saturated carbocycles. The Hall–Kier alpha value is -1.18. The van der Waals surface area contributed by atoms with Gasteiger partial charge in [-0.15, -0.1) is 0 Å². The molecule has 11 heavy (non-hydrogen) atoms. The molecular weight excluding hydrogens is 141 g/mol. The van der Waals surface area contributed by atoms with Gasteiger partial charge in [0.1, 0.15) is 5.82 Å². The van der Waals surface area contributed by atoms with E-state index in [0.29, 0.717) is 5.71 Å². The van der Waals surface area contributed by atoms with E-state index in [1.54, 1.807) is 6.07 Å². The normalized spacial score (nSPS) is 15.2. The molecule has 0 aliphatic heterocycles. The molecule has 1 N–H and O–H groups in total. The molecule has 1 aromatic rings. The molecule has 0 radical (unpaired) electrons. The van der Waals surface area contributed by atoms with E-state index in [9.17, 15) is 4.39 Å². The van der Waals surface area contributed by atoms with Crippen molar-refractivity contribution in [1.82, 2.24) is 0 Å². The van der Waals surface area contributed by atoms with Crippen molar-refractivity contribution in [3.05, 3.63) is 35.1 Å². The summed E-state index contributed by atoms with van der Waals surface area (Å²) < 4.78 is 12.6. The molecule has 1 aromatic carbocycles. The molecule has 1 aliphatic carbocycles. The van der Waals surface area contributed by atoms with Crippen LogP contribution in [-0.2, 0) is 6.42 Å². The van der Waals surface area contributed by atoms with Crippen LogP contribution in [0.15, 0.2) is 18.2 Å². The van der Waals surface area contributed by atoms with Crippen LogP contribution in [0.1, 0.15) is 17.5 Å². The lowest BCUT2D eigenvalue weighted by atomic mass is 10.1. The first kappa shape index (κ1) is 6.53. The quantitative estimate of drug-likeness (QED) is 0.584. The lowest BCUT2D eigenvalue weighted by molar-refractivity contribution is 0.626. The van der Waals surface area contributed by atoms with Crippen LogP contribution in [0.3, 0.4) is 0 Å². The first-order chi connectivity index (χ1) is 5.27. The topological polar surface area (TPSA) is 23.9 Å². The Labute approximate surface area is 64.4 Å². The predicted octanol–water partition coefficient (Wildman–Crippen LogP) is 2.14. The predicted molar refractivity (Wildman–Crippen MR) is 41.5 cm³/mol. The van der Waals surface area contributed by atoms with E-state index in [1.165, 1.54) is 12.1 Å². The van der Waals surface area contributed by atoms with E-state index in [4.69, 9.17) is 5.41 Å². The molecule has 0 unspecified atom stereocenters. The van der Waals surface area contributed by atoms with Crippen molar-refractivity contribution < 1.29 is 4.39 Å². The fraction of sp³-hybridized carbons (Fsp3) is 0.222. The number of nitrogens with one attached hydrogen (secondary N) is 1. The zero-order chi connectivity index (χ0) is 7.84. The summed E-state index contributed by atoms with van der Waals surface area (Å²) in [5, 5.41) is 7.48. The standard InChI is InChI=1S/C9H8FN/c10-7-2-3-8-6(5-7)1-4-9(8)11/h2-3,5,11H,1,4H2. The molecular formula is C9H8FN. The van der Waals surface area contributed by atoms with Crippen molar-refractivity contribution in [2.45, 2.75) is 12.8 Å². The monoisotopic (exact) mass is 149 g/mol. The number of rotatable bonds is 0. The van der Waals surface area contributed by atoms with E-state index in [0.717, 1.165) is 24.0 Å². The largest absolute Gasteiger partial charge is 0.305 e. The average Bonchev–Trinajstić information content (AvgIpc) is 2.32. The summed E-state index contributed by atoms with van der Waals surface area (Å²) in [6.45, 7) is 0. The number of fused-ring (bicyclic) bond motifs is 1. The van der Waals surface area contributed by atoms with Gasteiger partial charge in [0.05, 0.1) is 0 Å². The number of hydrogen-bond acceptors (Lipinski definition) is 1. The van der Waals surface area contributed by atoms with Gasteiger partial charge in [-0.2, -0.15) is 0 Å². The Kier molecular flexibility index (Phi) is 1.28. The lowest BCUT2D eigenvalue weighted by Crippen LogP contribution is -1.90. The van der Waals surface area contributed by atoms with Gasteiger partial charge in [0.2, 0.25) is 0 Å². The fourth-order valence-electron chi connectivity index (χ4n) is 1.46. The first-order valence-corrected chi connectivity index (χ1v) is 3.63. The molecule has 0 atom stereocenters. The van der Waals surface area contributed by atoms with E-state index in [-0.39, 0.29) is 5.82 Å². The van der Waals surface area contributed by atoms with Crippen LogP contribution < -0.4 is 0 Å². The van der Waals surface area contributed by atoms with Crippen LogP contribution in [0, 0.1) is 11.2 Å². The maximum atomic E-state index is 12.6. The second-order valence-corrected chi connectivity index (χ2v) is 2.78. The highest BCUT2D eigenvalue weighted by Crippen LogP contribution is 2.21. The molecule has 0 fully saturated rings. The highest BCUT2D eigenvalue weighted by atomic mass is 19.1. The number of halogens is 1. The summed E-state index contributed by atoms with van der Waals surface area (Å²) in [7, 11) is 0. The summed E-state index contributed by atoms with van der Waals surface area (Å²) in [4.78, 5) is 0. The molecule has 56 valence electrons. The Morgan fingerprint density at radius 1 is 1.27 bits per heavy atom. The molecule has 0 bridgehead atoms. The van der Waals surface area contributed by atoms with Crippen LogP contribution in [0.25, 0.3) is 0 Å². The van der Waals surface area contributed by atoms with Crippen molar-refractivity contribution in [2.24, 2.45) is 0 Å². The Balaban J connectivity index is 2.59. The molecule has 2 heteroatoms. The first-order valence-electron chi connectivity index (χ1n) is 3.63. The molecule has 0 aromatic heterocycles. The van der Waals surface area contributed by atoms with Gasteiger partial charge in [-0.3, -0.25) is 0 Å². The van der Waals surface area contributed by atoms with Crippen molar-refractivity contribution >= 4 is 5.71 Å². The van der Waals surface area contributed by atoms with Crippen molar-refractivity contribution in [2.75, 3.05) is 0 Å². The summed E-state index contributed by atoms with van der Waals surface area (Å²) in [5.41, 5.74) is 2.54. The minimum absolute atomic E-state index is 0.196. The van der Waals surface area contributed by atoms with E-state index >= 15 is 0 Å². The zero-order valence-corrected chi connectivity index (χ0v) is 6.02. The van der Waals surface area contributed by atoms with Crippen LogP contribution in [0.2, 0.25) is 0 Å². The van der Waals surface area contributed by atoms with Gasteiger partial charge in [-0.05, 0) is 42.2 Å². The average molecular weight is 149 g/mol. The van der Waals surface area contributed by atoms with Crippen LogP contribution in [0.4, 0.5) is 4.39 Å². The maximum absolute atomic E-state index is 12.6. The smallest absolute Gasteiger partial charge is 0.123 e. The van der Waals surface area contributed by atoms with E-state index in [2.05, 4.69) is 0 Å². The third-order valence-corrected chi connectivity index (χ3v) is 2.04. The SMILES string of the molecule is N=C1CCc2cc(F)ccc21. The molecule has 0 heterocycles. The Morgan fingerprint density at radius 3 is 2.91 bits per heavy atom. The third kappa shape index (κ3) is 0.946. The zero-order valence-electron chi connectivity index (χ0n) is 6.02. The molecule has 1 nitrogen and oxygen atoms in total. The summed E-state index contributed by atoms with van der Waals surface area (Å²) >= 11 is 0. The second-order valence-electron chi connectivity index (χ2n) is 2.78.